The van der Waals surface area contributed by atoms with Crippen LogP contribution in [0.25, 0.3) is 0 Å². The maximum Gasteiger partial charge on any atom is 0.371 e. The van der Waals surface area contributed by atoms with Crippen LogP contribution in [0.5, 0.6) is 0 Å². The molecule has 0 aliphatic heterocycles. The summed E-state index contributed by atoms with van der Waals surface area (Å²) in [4.78, 5) is 21.2. The minimum Gasteiger partial charge on any atom is -0.481 e. The van der Waals surface area contributed by atoms with E-state index in [1.54, 1.807) is 30.3 Å². The topological polar surface area (TPSA) is 99.8 Å². The van der Waals surface area contributed by atoms with Crippen molar-refractivity contribution < 1.29 is 24.2 Å². The van der Waals surface area contributed by atoms with Gasteiger partial charge in [0.1, 0.15) is 5.76 Å². The summed E-state index contributed by atoms with van der Waals surface area (Å²) in [6.07, 6.45) is -0.0135. The SMILES string of the molecule is O=C(O)Cc1ccc(NCc2ccc(C(=O)O)o2)cc1. The van der Waals surface area contributed by atoms with Crippen molar-refractivity contribution in [2.45, 2.75) is 13.0 Å². The van der Waals surface area contributed by atoms with Gasteiger partial charge in [-0.1, -0.05) is 12.1 Å². The van der Waals surface area contributed by atoms with Gasteiger partial charge in [-0.2, -0.15) is 0 Å². The predicted molar refractivity (Wildman–Crippen MR) is 70.8 cm³/mol. The van der Waals surface area contributed by atoms with Crippen LogP contribution in [0.15, 0.2) is 40.8 Å². The zero-order valence-electron chi connectivity index (χ0n) is 10.5. The van der Waals surface area contributed by atoms with Crippen LogP contribution in [0.3, 0.4) is 0 Å². The summed E-state index contributed by atoms with van der Waals surface area (Å²) in [5.41, 5.74) is 1.52. The van der Waals surface area contributed by atoms with E-state index in [-0.39, 0.29) is 12.2 Å². The van der Waals surface area contributed by atoms with E-state index in [0.717, 1.165) is 5.69 Å². The molecule has 0 bridgehead atoms. The quantitative estimate of drug-likeness (QED) is 0.747. The van der Waals surface area contributed by atoms with Crippen LogP contribution < -0.4 is 5.32 Å². The minimum atomic E-state index is -1.10. The molecule has 0 saturated heterocycles. The Bertz CT molecular complexity index is 615. The summed E-state index contributed by atoms with van der Waals surface area (Å²) in [6, 6.07) is 9.96. The van der Waals surface area contributed by atoms with Crippen molar-refractivity contribution in [3.8, 4) is 0 Å². The van der Waals surface area contributed by atoms with Gasteiger partial charge >= 0.3 is 11.9 Å². The van der Waals surface area contributed by atoms with Gasteiger partial charge in [-0.3, -0.25) is 4.79 Å². The molecule has 0 radical (unpaired) electrons. The van der Waals surface area contributed by atoms with Crippen molar-refractivity contribution in [3.63, 3.8) is 0 Å². The third kappa shape index (κ3) is 3.61. The van der Waals surface area contributed by atoms with E-state index in [0.29, 0.717) is 17.9 Å². The van der Waals surface area contributed by atoms with Crippen molar-refractivity contribution >= 4 is 17.6 Å². The average Bonchev–Trinajstić information content (AvgIpc) is 2.86. The van der Waals surface area contributed by atoms with Gasteiger partial charge in [0.05, 0.1) is 13.0 Å². The normalized spacial score (nSPS) is 10.2. The average molecular weight is 275 g/mol. The van der Waals surface area contributed by atoms with Crippen molar-refractivity contribution in [1.82, 2.24) is 0 Å². The molecule has 0 atom stereocenters. The van der Waals surface area contributed by atoms with Gasteiger partial charge in [0.25, 0.3) is 0 Å². The number of hydrogen-bond donors (Lipinski definition) is 3. The third-order valence-electron chi connectivity index (χ3n) is 2.65. The molecule has 0 aliphatic rings. The number of benzene rings is 1. The summed E-state index contributed by atoms with van der Waals surface area (Å²) in [6.45, 7) is 0.353. The second kappa shape index (κ2) is 5.92. The number of nitrogens with one attached hydrogen (secondary N) is 1. The first kappa shape index (κ1) is 13.7. The summed E-state index contributed by atoms with van der Waals surface area (Å²) in [5.74, 6) is -1.56. The first-order chi connectivity index (χ1) is 9.54. The number of carboxylic acids is 2. The lowest BCUT2D eigenvalue weighted by atomic mass is 10.1. The van der Waals surface area contributed by atoms with Crippen LogP contribution in [0, 0.1) is 0 Å². The lowest BCUT2D eigenvalue weighted by Crippen LogP contribution is -2.01. The maximum atomic E-state index is 10.7. The Morgan fingerprint density at radius 1 is 1.05 bits per heavy atom. The fraction of sp³-hybridized carbons (Fsp3) is 0.143. The predicted octanol–water partition coefficient (Wildman–Crippen LogP) is 2.22. The standard InChI is InChI=1S/C14H13NO5/c16-13(17)7-9-1-3-10(4-2-9)15-8-11-5-6-12(20-11)14(18)19/h1-6,15H,7-8H2,(H,16,17)(H,18,19). The minimum absolute atomic E-state index is 0.0135. The molecule has 2 rings (SSSR count). The van der Waals surface area contributed by atoms with Gasteiger partial charge in [-0.15, -0.1) is 0 Å². The highest BCUT2D eigenvalue weighted by atomic mass is 16.4. The highest BCUT2D eigenvalue weighted by Gasteiger charge is 2.08. The van der Waals surface area contributed by atoms with Crippen molar-refractivity contribution in [3.05, 3.63) is 53.5 Å². The Hall–Kier alpha value is -2.76. The van der Waals surface area contributed by atoms with E-state index in [9.17, 15) is 9.59 Å². The summed E-state index contributed by atoms with van der Waals surface area (Å²) in [7, 11) is 0. The highest BCUT2D eigenvalue weighted by molar-refractivity contribution is 5.84. The Kier molecular flexibility index (Phi) is 4.05. The fourth-order valence-corrected chi connectivity index (χ4v) is 1.69. The molecule has 1 heterocycles. The number of hydrogen-bond acceptors (Lipinski definition) is 4. The van der Waals surface area contributed by atoms with E-state index in [2.05, 4.69) is 5.32 Å². The monoisotopic (exact) mass is 275 g/mol. The van der Waals surface area contributed by atoms with Crippen LogP contribution in [0.2, 0.25) is 0 Å². The number of carbonyl (C=O) groups is 2. The second-order valence-electron chi connectivity index (χ2n) is 4.19. The van der Waals surface area contributed by atoms with E-state index < -0.39 is 11.9 Å². The van der Waals surface area contributed by atoms with Gasteiger partial charge in [0, 0.05) is 5.69 Å². The van der Waals surface area contributed by atoms with Gasteiger partial charge in [-0.25, -0.2) is 4.79 Å². The Balaban J connectivity index is 1.93. The van der Waals surface area contributed by atoms with E-state index >= 15 is 0 Å². The molecule has 0 saturated carbocycles. The summed E-state index contributed by atoms with van der Waals surface area (Å²) < 4.78 is 5.10. The molecule has 6 heteroatoms. The van der Waals surface area contributed by atoms with Gasteiger partial charge in [0.2, 0.25) is 5.76 Å². The summed E-state index contributed by atoms with van der Waals surface area (Å²) in [5, 5.41) is 20.4. The van der Waals surface area contributed by atoms with Crippen molar-refractivity contribution in [1.29, 1.82) is 0 Å². The maximum absolute atomic E-state index is 10.7. The second-order valence-corrected chi connectivity index (χ2v) is 4.19. The molecule has 0 unspecified atom stereocenters. The number of carboxylic acid groups (broad SMARTS) is 2. The number of aromatic carboxylic acids is 1. The Labute approximate surface area is 114 Å². The molecular formula is C14H13NO5. The lowest BCUT2D eigenvalue weighted by Gasteiger charge is -2.05. The summed E-state index contributed by atoms with van der Waals surface area (Å²) >= 11 is 0. The van der Waals surface area contributed by atoms with Crippen LogP contribution >= 0.6 is 0 Å². The third-order valence-corrected chi connectivity index (χ3v) is 2.65. The van der Waals surface area contributed by atoms with Crippen LogP contribution in [-0.2, 0) is 17.8 Å². The number of furan rings is 1. The van der Waals surface area contributed by atoms with E-state index in [1.807, 2.05) is 0 Å². The molecule has 2 aromatic rings. The largest absolute Gasteiger partial charge is 0.481 e. The smallest absolute Gasteiger partial charge is 0.371 e. The van der Waals surface area contributed by atoms with E-state index in [1.165, 1.54) is 6.07 Å². The number of anilines is 1. The zero-order chi connectivity index (χ0) is 14.5. The Morgan fingerprint density at radius 2 is 1.75 bits per heavy atom. The van der Waals surface area contributed by atoms with Crippen LogP contribution in [0.1, 0.15) is 21.9 Å². The molecule has 0 spiro atoms. The fourth-order valence-electron chi connectivity index (χ4n) is 1.69. The molecule has 20 heavy (non-hydrogen) atoms. The van der Waals surface area contributed by atoms with Crippen LogP contribution in [0.4, 0.5) is 5.69 Å². The Morgan fingerprint density at radius 3 is 2.30 bits per heavy atom. The molecule has 0 aliphatic carbocycles. The first-order valence-corrected chi connectivity index (χ1v) is 5.91. The molecule has 1 aromatic heterocycles. The lowest BCUT2D eigenvalue weighted by molar-refractivity contribution is -0.136. The van der Waals surface area contributed by atoms with Crippen molar-refractivity contribution in [2.75, 3.05) is 5.32 Å². The molecule has 0 amide bonds. The molecule has 0 fully saturated rings. The first-order valence-electron chi connectivity index (χ1n) is 5.91. The number of rotatable bonds is 6. The molecular weight excluding hydrogens is 262 g/mol. The van der Waals surface area contributed by atoms with Crippen LogP contribution in [-0.4, -0.2) is 22.2 Å². The highest BCUT2D eigenvalue weighted by Crippen LogP contribution is 2.13. The molecule has 6 nitrogen and oxygen atoms in total. The van der Waals surface area contributed by atoms with Gasteiger partial charge in [-0.05, 0) is 29.8 Å². The van der Waals surface area contributed by atoms with Gasteiger partial charge < -0.3 is 19.9 Å². The molecule has 3 N–H and O–H groups in total. The van der Waals surface area contributed by atoms with Crippen molar-refractivity contribution in [2.24, 2.45) is 0 Å². The molecule has 1 aromatic carbocycles. The van der Waals surface area contributed by atoms with Gasteiger partial charge in [0.15, 0.2) is 0 Å². The molecule has 104 valence electrons. The number of aliphatic carboxylic acids is 1. The zero-order valence-corrected chi connectivity index (χ0v) is 10.5. The van der Waals surface area contributed by atoms with E-state index in [4.69, 9.17) is 14.6 Å².